The maximum atomic E-state index is 8.99. The zero-order chi connectivity index (χ0) is 13.1. The van der Waals surface area contributed by atoms with Gasteiger partial charge in [0.1, 0.15) is 0 Å². The van der Waals surface area contributed by atoms with E-state index in [1.54, 1.807) is 0 Å². The van der Waals surface area contributed by atoms with Crippen molar-refractivity contribution in [2.45, 2.75) is 39.3 Å². The first-order valence-corrected chi connectivity index (χ1v) is 6.57. The minimum absolute atomic E-state index is 0.277. The van der Waals surface area contributed by atoms with E-state index in [1.165, 1.54) is 16.8 Å². The standard InChI is InChI=1S/C15H21N3/c1-11-5-4-6-15(13(11)3)18-12(2)9-17-10-14(18)7-8-16/h4-6,12,14,17H,7,9-10H2,1-3H3. The Kier molecular flexibility index (Phi) is 3.88. The number of anilines is 1. The largest absolute Gasteiger partial charge is 0.362 e. The van der Waals surface area contributed by atoms with Crippen LogP contribution in [0.1, 0.15) is 24.5 Å². The first-order chi connectivity index (χ1) is 8.65. The molecule has 2 atom stereocenters. The quantitative estimate of drug-likeness (QED) is 0.867. The van der Waals surface area contributed by atoms with Gasteiger partial charge in [-0.1, -0.05) is 12.1 Å². The highest BCUT2D eigenvalue weighted by molar-refractivity contribution is 5.58. The Hall–Kier alpha value is -1.53. The summed E-state index contributed by atoms with van der Waals surface area (Å²) in [6, 6.07) is 9.44. The number of benzene rings is 1. The maximum absolute atomic E-state index is 8.99. The molecule has 0 aromatic heterocycles. The van der Waals surface area contributed by atoms with Crippen molar-refractivity contribution in [1.82, 2.24) is 5.32 Å². The summed E-state index contributed by atoms with van der Waals surface area (Å²) in [5.41, 5.74) is 3.92. The predicted octanol–water partition coefficient (Wildman–Crippen LogP) is 2.38. The molecule has 1 heterocycles. The van der Waals surface area contributed by atoms with Crippen molar-refractivity contribution in [2.24, 2.45) is 0 Å². The van der Waals surface area contributed by atoms with Gasteiger partial charge >= 0.3 is 0 Å². The fourth-order valence-corrected chi connectivity index (χ4v) is 2.74. The molecule has 1 saturated heterocycles. The lowest BCUT2D eigenvalue weighted by Crippen LogP contribution is -2.56. The Balaban J connectivity index is 2.38. The van der Waals surface area contributed by atoms with Crippen LogP contribution < -0.4 is 10.2 Å². The molecule has 0 bridgehead atoms. The topological polar surface area (TPSA) is 39.1 Å². The van der Waals surface area contributed by atoms with E-state index in [0.29, 0.717) is 12.5 Å². The summed E-state index contributed by atoms with van der Waals surface area (Å²) in [5, 5.41) is 12.4. The van der Waals surface area contributed by atoms with Gasteiger partial charge in [0, 0.05) is 24.8 Å². The molecule has 1 N–H and O–H groups in total. The summed E-state index contributed by atoms with van der Waals surface area (Å²) >= 11 is 0. The fraction of sp³-hybridized carbons (Fsp3) is 0.533. The normalized spacial score (nSPS) is 23.8. The zero-order valence-electron chi connectivity index (χ0n) is 11.4. The third-order valence-corrected chi connectivity index (χ3v) is 3.87. The minimum atomic E-state index is 0.277. The highest BCUT2D eigenvalue weighted by Gasteiger charge is 2.28. The lowest BCUT2D eigenvalue weighted by Gasteiger charge is -2.43. The minimum Gasteiger partial charge on any atom is -0.362 e. The van der Waals surface area contributed by atoms with E-state index >= 15 is 0 Å². The van der Waals surface area contributed by atoms with E-state index in [4.69, 9.17) is 5.26 Å². The molecule has 2 unspecified atom stereocenters. The Morgan fingerprint density at radius 3 is 2.89 bits per heavy atom. The Bertz CT molecular complexity index is 461. The number of nitrogens with zero attached hydrogens (tertiary/aromatic N) is 2. The number of nitriles is 1. The predicted molar refractivity (Wildman–Crippen MR) is 74.7 cm³/mol. The molecule has 96 valence electrons. The molecule has 0 saturated carbocycles. The fourth-order valence-electron chi connectivity index (χ4n) is 2.74. The number of hydrogen-bond donors (Lipinski definition) is 1. The lowest BCUT2D eigenvalue weighted by atomic mass is 10.0. The van der Waals surface area contributed by atoms with E-state index in [2.05, 4.69) is 55.3 Å². The van der Waals surface area contributed by atoms with Crippen molar-refractivity contribution in [1.29, 1.82) is 5.26 Å². The molecule has 3 heteroatoms. The van der Waals surface area contributed by atoms with Crippen LogP contribution in [0.25, 0.3) is 0 Å². The Morgan fingerprint density at radius 2 is 2.17 bits per heavy atom. The first kappa shape index (κ1) is 12.9. The van der Waals surface area contributed by atoms with E-state index in [9.17, 15) is 0 Å². The van der Waals surface area contributed by atoms with Crippen LogP contribution in [0.15, 0.2) is 18.2 Å². The van der Waals surface area contributed by atoms with Gasteiger partial charge in [-0.2, -0.15) is 5.26 Å². The van der Waals surface area contributed by atoms with Crippen LogP contribution in [-0.2, 0) is 0 Å². The summed E-state index contributed by atoms with van der Waals surface area (Å²) in [7, 11) is 0. The Morgan fingerprint density at radius 1 is 1.39 bits per heavy atom. The molecule has 1 aromatic rings. The summed E-state index contributed by atoms with van der Waals surface area (Å²) < 4.78 is 0. The number of hydrogen-bond acceptors (Lipinski definition) is 3. The van der Waals surface area contributed by atoms with E-state index in [-0.39, 0.29) is 6.04 Å². The summed E-state index contributed by atoms with van der Waals surface area (Å²) in [4.78, 5) is 2.42. The van der Waals surface area contributed by atoms with Crippen molar-refractivity contribution >= 4 is 5.69 Å². The second kappa shape index (κ2) is 5.41. The monoisotopic (exact) mass is 243 g/mol. The number of aryl methyl sites for hydroxylation is 1. The molecule has 0 spiro atoms. The van der Waals surface area contributed by atoms with Crippen LogP contribution >= 0.6 is 0 Å². The van der Waals surface area contributed by atoms with Gasteiger partial charge in [-0.3, -0.25) is 0 Å². The second-order valence-electron chi connectivity index (χ2n) is 5.15. The van der Waals surface area contributed by atoms with Gasteiger partial charge < -0.3 is 10.2 Å². The average Bonchev–Trinajstić information content (AvgIpc) is 2.34. The lowest BCUT2D eigenvalue weighted by molar-refractivity contribution is 0.416. The van der Waals surface area contributed by atoms with Crippen molar-refractivity contribution in [3.8, 4) is 6.07 Å². The molecule has 1 aromatic carbocycles. The first-order valence-electron chi connectivity index (χ1n) is 6.57. The van der Waals surface area contributed by atoms with E-state index in [1.807, 2.05) is 0 Å². The second-order valence-corrected chi connectivity index (χ2v) is 5.15. The van der Waals surface area contributed by atoms with Gasteiger partial charge in [0.15, 0.2) is 0 Å². The third kappa shape index (κ3) is 2.34. The maximum Gasteiger partial charge on any atom is 0.0643 e. The molecule has 1 aliphatic heterocycles. The number of nitrogens with one attached hydrogen (secondary N) is 1. The van der Waals surface area contributed by atoms with Gasteiger partial charge in [0.05, 0.1) is 18.5 Å². The summed E-state index contributed by atoms with van der Waals surface area (Å²) in [6.45, 7) is 8.41. The van der Waals surface area contributed by atoms with Crippen molar-refractivity contribution in [2.75, 3.05) is 18.0 Å². The van der Waals surface area contributed by atoms with Gasteiger partial charge in [0.25, 0.3) is 0 Å². The number of piperazine rings is 1. The van der Waals surface area contributed by atoms with Gasteiger partial charge in [-0.25, -0.2) is 0 Å². The Labute approximate surface area is 109 Å². The highest BCUT2D eigenvalue weighted by atomic mass is 15.2. The molecular weight excluding hydrogens is 222 g/mol. The number of rotatable bonds is 2. The molecule has 18 heavy (non-hydrogen) atoms. The zero-order valence-corrected chi connectivity index (χ0v) is 11.4. The van der Waals surface area contributed by atoms with Crippen LogP contribution in [0.2, 0.25) is 0 Å². The van der Waals surface area contributed by atoms with Gasteiger partial charge in [-0.15, -0.1) is 0 Å². The molecule has 0 aliphatic carbocycles. The molecule has 0 radical (unpaired) electrons. The smallest absolute Gasteiger partial charge is 0.0643 e. The molecule has 3 nitrogen and oxygen atoms in total. The van der Waals surface area contributed by atoms with Crippen LogP contribution in [0.3, 0.4) is 0 Å². The van der Waals surface area contributed by atoms with Crippen LogP contribution in [-0.4, -0.2) is 25.2 Å². The SMILES string of the molecule is Cc1cccc(N2C(C)CNCC2CC#N)c1C. The van der Waals surface area contributed by atoms with Gasteiger partial charge in [0.2, 0.25) is 0 Å². The van der Waals surface area contributed by atoms with Crippen molar-refractivity contribution in [3.63, 3.8) is 0 Å². The average molecular weight is 243 g/mol. The molecule has 1 aliphatic rings. The van der Waals surface area contributed by atoms with Crippen LogP contribution in [0, 0.1) is 25.2 Å². The van der Waals surface area contributed by atoms with Crippen molar-refractivity contribution in [3.05, 3.63) is 29.3 Å². The summed E-state index contributed by atoms with van der Waals surface area (Å²) in [5.74, 6) is 0. The van der Waals surface area contributed by atoms with E-state index < -0.39 is 0 Å². The van der Waals surface area contributed by atoms with Crippen LogP contribution in [0.5, 0.6) is 0 Å². The van der Waals surface area contributed by atoms with E-state index in [0.717, 1.165) is 13.1 Å². The molecular formula is C15H21N3. The van der Waals surface area contributed by atoms with Gasteiger partial charge in [-0.05, 0) is 38.0 Å². The molecule has 0 amide bonds. The van der Waals surface area contributed by atoms with Crippen molar-refractivity contribution < 1.29 is 0 Å². The summed E-state index contributed by atoms with van der Waals surface area (Å²) in [6.07, 6.45) is 0.574. The molecule has 1 fully saturated rings. The molecule has 2 rings (SSSR count). The van der Waals surface area contributed by atoms with Crippen LogP contribution in [0.4, 0.5) is 5.69 Å². The third-order valence-electron chi connectivity index (χ3n) is 3.87. The highest BCUT2D eigenvalue weighted by Crippen LogP contribution is 2.28.